The molecule has 1 fully saturated rings. The summed E-state index contributed by atoms with van der Waals surface area (Å²) in [6.45, 7) is 7.27. The molecule has 4 heterocycles. The fourth-order valence-electron chi connectivity index (χ4n) is 3.27. The highest BCUT2D eigenvalue weighted by molar-refractivity contribution is 7.12. The van der Waals surface area contributed by atoms with Gasteiger partial charge in [0, 0.05) is 38.4 Å². The van der Waals surface area contributed by atoms with Gasteiger partial charge >= 0.3 is 0 Å². The van der Waals surface area contributed by atoms with Crippen LogP contribution in [0.25, 0.3) is 11.0 Å². The van der Waals surface area contributed by atoms with Crippen molar-refractivity contribution in [1.82, 2.24) is 19.4 Å². The monoisotopic (exact) mass is 355 g/mol. The van der Waals surface area contributed by atoms with Gasteiger partial charge in [0.1, 0.15) is 5.52 Å². The number of nitrogens with zero attached hydrogens (tertiary/aromatic N) is 5. The third kappa shape index (κ3) is 2.89. The van der Waals surface area contributed by atoms with E-state index in [0.29, 0.717) is 19.1 Å². The largest absolute Gasteiger partial charge is 0.351 e. The molecule has 0 atom stereocenters. The lowest BCUT2D eigenvalue weighted by atomic mass is 10.2. The van der Waals surface area contributed by atoms with Crippen LogP contribution in [0.1, 0.15) is 29.6 Å². The zero-order valence-electron chi connectivity index (χ0n) is 14.4. The molecule has 0 aromatic carbocycles. The van der Waals surface area contributed by atoms with Crippen molar-refractivity contribution in [2.75, 3.05) is 31.1 Å². The van der Waals surface area contributed by atoms with Crippen LogP contribution in [0.5, 0.6) is 0 Å². The van der Waals surface area contributed by atoms with Gasteiger partial charge in [0.15, 0.2) is 5.82 Å². The normalized spacial score (nSPS) is 15.3. The van der Waals surface area contributed by atoms with E-state index < -0.39 is 0 Å². The fourth-order valence-corrected chi connectivity index (χ4v) is 3.96. The molecule has 25 heavy (non-hydrogen) atoms. The van der Waals surface area contributed by atoms with Gasteiger partial charge in [-0.2, -0.15) is 0 Å². The molecular formula is C18H21N5OS. The Balaban J connectivity index is 1.53. The van der Waals surface area contributed by atoms with Crippen molar-refractivity contribution in [3.8, 4) is 0 Å². The summed E-state index contributed by atoms with van der Waals surface area (Å²) in [4.78, 5) is 26.6. The standard InChI is InChI=1S/C18H21N5OS/c1-13(2)23-12-20-16-14(23)5-6-19-17(16)21-7-9-22(10-8-21)18(24)15-4-3-11-25-15/h3-6,11-13H,7-10H2,1-2H3. The van der Waals surface area contributed by atoms with Gasteiger partial charge in [-0.1, -0.05) is 6.07 Å². The number of anilines is 1. The molecule has 4 rings (SSSR count). The average Bonchev–Trinajstić information content (AvgIpc) is 3.30. The highest BCUT2D eigenvalue weighted by Gasteiger charge is 2.25. The van der Waals surface area contributed by atoms with Gasteiger partial charge in [-0.05, 0) is 31.4 Å². The third-order valence-electron chi connectivity index (χ3n) is 4.63. The molecule has 6 nitrogen and oxygen atoms in total. The second-order valence-corrected chi connectivity index (χ2v) is 7.45. The Labute approximate surface area is 150 Å². The van der Waals surface area contributed by atoms with E-state index in [2.05, 4.69) is 33.3 Å². The molecule has 3 aromatic heterocycles. The predicted octanol–water partition coefficient (Wildman–Crippen LogP) is 3.04. The molecule has 1 aliphatic heterocycles. The third-order valence-corrected chi connectivity index (χ3v) is 5.49. The number of imidazole rings is 1. The number of carbonyl (C=O) groups excluding carboxylic acids is 1. The minimum absolute atomic E-state index is 0.130. The van der Waals surface area contributed by atoms with Gasteiger partial charge in [0.25, 0.3) is 5.91 Å². The van der Waals surface area contributed by atoms with E-state index in [1.807, 2.05) is 41.0 Å². The summed E-state index contributed by atoms with van der Waals surface area (Å²) in [5, 5.41) is 1.94. The zero-order valence-corrected chi connectivity index (χ0v) is 15.2. The average molecular weight is 355 g/mol. The second kappa shape index (κ2) is 6.48. The predicted molar refractivity (Wildman–Crippen MR) is 100 cm³/mol. The Hall–Kier alpha value is -2.41. The van der Waals surface area contributed by atoms with Crippen LogP contribution in [-0.2, 0) is 0 Å². The molecule has 130 valence electrons. The van der Waals surface area contributed by atoms with Gasteiger partial charge in [-0.3, -0.25) is 4.79 Å². The number of hydrogen-bond acceptors (Lipinski definition) is 5. The van der Waals surface area contributed by atoms with Gasteiger partial charge < -0.3 is 14.4 Å². The maximum atomic E-state index is 12.5. The van der Waals surface area contributed by atoms with Crippen molar-refractivity contribution in [2.45, 2.75) is 19.9 Å². The van der Waals surface area contributed by atoms with Crippen molar-refractivity contribution in [2.24, 2.45) is 0 Å². The Kier molecular flexibility index (Phi) is 4.17. The molecule has 0 N–H and O–H groups in total. The highest BCUT2D eigenvalue weighted by atomic mass is 32.1. The van der Waals surface area contributed by atoms with Crippen LogP contribution in [0.2, 0.25) is 0 Å². The molecule has 1 amide bonds. The Morgan fingerprint density at radius 2 is 1.96 bits per heavy atom. The summed E-state index contributed by atoms with van der Waals surface area (Å²) < 4.78 is 2.16. The van der Waals surface area contributed by atoms with E-state index in [1.54, 1.807) is 0 Å². The van der Waals surface area contributed by atoms with Crippen LogP contribution >= 0.6 is 11.3 Å². The Morgan fingerprint density at radius 1 is 1.16 bits per heavy atom. The summed E-state index contributed by atoms with van der Waals surface area (Å²) in [6, 6.07) is 6.19. The topological polar surface area (TPSA) is 54.3 Å². The summed E-state index contributed by atoms with van der Waals surface area (Å²) in [5.41, 5.74) is 2.05. The van der Waals surface area contributed by atoms with Crippen molar-refractivity contribution in [3.63, 3.8) is 0 Å². The van der Waals surface area contributed by atoms with Gasteiger partial charge in [0.05, 0.1) is 16.7 Å². The SMILES string of the molecule is CC(C)n1cnc2c(N3CCN(C(=O)c4cccs4)CC3)nccc21. The van der Waals surface area contributed by atoms with Gasteiger partial charge in [-0.15, -0.1) is 11.3 Å². The van der Waals surface area contributed by atoms with Gasteiger partial charge in [0.2, 0.25) is 0 Å². The molecule has 0 aliphatic carbocycles. The molecule has 0 spiro atoms. The van der Waals surface area contributed by atoms with Crippen molar-refractivity contribution in [1.29, 1.82) is 0 Å². The second-order valence-electron chi connectivity index (χ2n) is 6.50. The number of amides is 1. The van der Waals surface area contributed by atoms with Crippen molar-refractivity contribution in [3.05, 3.63) is 41.0 Å². The minimum atomic E-state index is 0.130. The number of pyridine rings is 1. The van der Waals surface area contributed by atoms with E-state index in [0.717, 1.165) is 34.8 Å². The zero-order chi connectivity index (χ0) is 17.4. The van der Waals surface area contributed by atoms with Crippen LogP contribution < -0.4 is 4.90 Å². The Morgan fingerprint density at radius 3 is 2.64 bits per heavy atom. The number of thiophene rings is 1. The van der Waals surface area contributed by atoms with Crippen LogP contribution in [0.4, 0.5) is 5.82 Å². The van der Waals surface area contributed by atoms with E-state index in [-0.39, 0.29) is 5.91 Å². The maximum Gasteiger partial charge on any atom is 0.264 e. The first-order valence-electron chi connectivity index (χ1n) is 8.54. The van der Waals surface area contributed by atoms with Crippen molar-refractivity contribution >= 4 is 34.1 Å². The molecule has 0 radical (unpaired) electrons. The first-order chi connectivity index (χ1) is 12.1. The number of rotatable bonds is 3. The number of hydrogen-bond donors (Lipinski definition) is 0. The number of fused-ring (bicyclic) bond motifs is 1. The molecule has 0 saturated carbocycles. The minimum Gasteiger partial charge on any atom is -0.351 e. The van der Waals surface area contributed by atoms with Crippen LogP contribution in [0.15, 0.2) is 36.1 Å². The summed E-state index contributed by atoms with van der Waals surface area (Å²) >= 11 is 1.50. The molecule has 7 heteroatoms. The molecular weight excluding hydrogens is 334 g/mol. The smallest absolute Gasteiger partial charge is 0.264 e. The highest BCUT2D eigenvalue weighted by Crippen LogP contribution is 2.26. The van der Waals surface area contributed by atoms with E-state index in [1.165, 1.54) is 11.3 Å². The lowest BCUT2D eigenvalue weighted by Gasteiger charge is -2.35. The quantitative estimate of drug-likeness (QED) is 0.725. The molecule has 0 unspecified atom stereocenters. The van der Waals surface area contributed by atoms with E-state index >= 15 is 0 Å². The number of carbonyl (C=O) groups is 1. The van der Waals surface area contributed by atoms with Gasteiger partial charge in [-0.25, -0.2) is 9.97 Å². The number of aromatic nitrogens is 3. The Bertz CT molecular complexity index is 878. The number of piperazine rings is 1. The summed E-state index contributed by atoms with van der Waals surface area (Å²) in [7, 11) is 0. The fraction of sp³-hybridized carbons (Fsp3) is 0.389. The van der Waals surface area contributed by atoms with E-state index in [9.17, 15) is 4.79 Å². The van der Waals surface area contributed by atoms with Crippen LogP contribution in [0, 0.1) is 0 Å². The lowest BCUT2D eigenvalue weighted by Crippen LogP contribution is -2.49. The van der Waals surface area contributed by atoms with E-state index in [4.69, 9.17) is 0 Å². The van der Waals surface area contributed by atoms with Crippen molar-refractivity contribution < 1.29 is 4.79 Å². The van der Waals surface area contributed by atoms with Crippen LogP contribution in [0.3, 0.4) is 0 Å². The molecule has 1 saturated heterocycles. The van der Waals surface area contributed by atoms with Crippen LogP contribution in [-0.4, -0.2) is 51.5 Å². The first kappa shape index (κ1) is 16.1. The molecule has 0 bridgehead atoms. The molecule has 1 aliphatic rings. The summed E-state index contributed by atoms with van der Waals surface area (Å²) in [5.74, 6) is 1.05. The maximum absolute atomic E-state index is 12.5. The molecule has 3 aromatic rings. The lowest BCUT2D eigenvalue weighted by molar-refractivity contribution is 0.0751. The summed E-state index contributed by atoms with van der Waals surface area (Å²) in [6.07, 6.45) is 3.73. The first-order valence-corrected chi connectivity index (χ1v) is 9.42.